The number of halogens is 3. The van der Waals surface area contributed by atoms with Gasteiger partial charge in [0.2, 0.25) is 5.91 Å². The van der Waals surface area contributed by atoms with Gasteiger partial charge < -0.3 is 14.5 Å². The lowest BCUT2D eigenvalue weighted by Crippen LogP contribution is -2.72. The number of alkyl halides is 3. The Morgan fingerprint density at radius 1 is 1.28 bits per heavy atom. The first-order chi connectivity index (χ1) is 13.7. The second-order valence-electron chi connectivity index (χ2n) is 8.29. The van der Waals surface area contributed by atoms with E-state index in [0.29, 0.717) is 24.7 Å². The van der Waals surface area contributed by atoms with Crippen LogP contribution in [0, 0.1) is 12.3 Å². The molecule has 0 bridgehead atoms. The molecule has 156 valence electrons. The molecule has 1 spiro atoms. The fourth-order valence-electron chi connectivity index (χ4n) is 4.64. The van der Waals surface area contributed by atoms with Gasteiger partial charge in [0, 0.05) is 25.8 Å². The van der Waals surface area contributed by atoms with Crippen LogP contribution < -0.4 is 4.90 Å². The Morgan fingerprint density at radius 2 is 2.00 bits per heavy atom. The van der Waals surface area contributed by atoms with E-state index in [9.17, 15) is 22.8 Å². The second kappa shape index (κ2) is 5.73. The third kappa shape index (κ3) is 2.58. The van der Waals surface area contributed by atoms with Crippen LogP contribution in [0.15, 0.2) is 12.3 Å². The Hall–Kier alpha value is -2.59. The van der Waals surface area contributed by atoms with E-state index in [1.165, 1.54) is 4.90 Å². The molecule has 3 saturated heterocycles. The zero-order chi connectivity index (χ0) is 20.6. The van der Waals surface area contributed by atoms with E-state index in [1.807, 2.05) is 4.90 Å². The molecule has 1 aliphatic carbocycles. The summed E-state index contributed by atoms with van der Waals surface area (Å²) in [5.74, 6) is 0.446. The number of hydrogen-bond acceptors (Lipinski definition) is 6. The van der Waals surface area contributed by atoms with Gasteiger partial charge in [-0.1, -0.05) is 0 Å². The van der Waals surface area contributed by atoms with Gasteiger partial charge in [-0.3, -0.25) is 9.69 Å². The van der Waals surface area contributed by atoms with Crippen molar-refractivity contribution in [3.8, 4) is 0 Å². The second-order valence-corrected chi connectivity index (χ2v) is 8.29. The van der Waals surface area contributed by atoms with Gasteiger partial charge in [0.05, 0.1) is 19.1 Å². The monoisotopic (exact) mass is 411 g/mol. The van der Waals surface area contributed by atoms with Crippen molar-refractivity contribution in [3.05, 3.63) is 18.1 Å². The van der Waals surface area contributed by atoms with E-state index in [2.05, 4.69) is 9.97 Å². The number of hydrogen-bond donors (Lipinski definition) is 0. The lowest BCUT2D eigenvalue weighted by Gasteiger charge is -2.51. The third-order valence-corrected chi connectivity index (χ3v) is 6.50. The Morgan fingerprint density at radius 3 is 2.62 bits per heavy atom. The van der Waals surface area contributed by atoms with Gasteiger partial charge in [-0.25, -0.2) is 14.8 Å². The maximum absolute atomic E-state index is 13.4. The third-order valence-electron chi connectivity index (χ3n) is 6.50. The molecular formula is C18H20F3N5O3. The van der Waals surface area contributed by atoms with E-state index in [-0.39, 0.29) is 32.5 Å². The molecule has 0 N–H and O–H groups in total. The van der Waals surface area contributed by atoms with Crippen molar-refractivity contribution in [2.45, 2.75) is 37.6 Å². The van der Waals surface area contributed by atoms with Crippen molar-refractivity contribution in [1.82, 2.24) is 19.8 Å². The molecule has 0 aromatic carbocycles. The average Bonchev–Trinajstić information content (AvgIpc) is 3.40. The summed E-state index contributed by atoms with van der Waals surface area (Å²) < 4.78 is 45.8. The molecule has 4 heterocycles. The van der Waals surface area contributed by atoms with Gasteiger partial charge >= 0.3 is 12.3 Å². The van der Waals surface area contributed by atoms with Crippen molar-refractivity contribution in [2.75, 3.05) is 37.6 Å². The fraction of sp³-hybridized carbons (Fsp3) is 0.667. The highest BCUT2D eigenvalue weighted by Crippen LogP contribution is 2.59. The summed E-state index contributed by atoms with van der Waals surface area (Å²) in [6, 6.07) is 1.29. The number of amides is 2. The molecule has 4 fully saturated rings. The molecule has 1 unspecified atom stereocenters. The molecule has 8 nitrogen and oxygen atoms in total. The molecule has 1 atom stereocenters. The number of ether oxygens (including phenoxy) is 1. The van der Waals surface area contributed by atoms with Crippen molar-refractivity contribution < 1.29 is 27.5 Å². The van der Waals surface area contributed by atoms with Crippen molar-refractivity contribution in [1.29, 1.82) is 0 Å². The molecule has 0 radical (unpaired) electrons. The number of anilines is 1. The highest BCUT2D eigenvalue weighted by molar-refractivity contribution is 5.87. The van der Waals surface area contributed by atoms with Crippen LogP contribution in [0.5, 0.6) is 0 Å². The number of fused-ring (bicyclic) bond motifs is 2. The van der Waals surface area contributed by atoms with Crippen molar-refractivity contribution in [3.63, 3.8) is 0 Å². The van der Waals surface area contributed by atoms with Crippen LogP contribution in [0.2, 0.25) is 0 Å². The minimum atomic E-state index is -4.54. The molecule has 29 heavy (non-hydrogen) atoms. The van der Waals surface area contributed by atoms with Gasteiger partial charge in [0.25, 0.3) is 0 Å². The minimum Gasteiger partial charge on any atom is -0.437 e. The van der Waals surface area contributed by atoms with Crippen LogP contribution in [0.3, 0.4) is 0 Å². The predicted molar refractivity (Wildman–Crippen MR) is 93.0 cm³/mol. The molecule has 5 rings (SSSR count). The molecular weight excluding hydrogens is 391 g/mol. The number of carbonyl (C=O) groups is 2. The molecule has 1 saturated carbocycles. The first kappa shape index (κ1) is 18.4. The van der Waals surface area contributed by atoms with Crippen LogP contribution in [0.4, 0.5) is 23.8 Å². The van der Waals surface area contributed by atoms with E-state index < -0.39 is 35.2 Å². The Balaban J connectivity index is 1.34. The highest BCUT2D eigenvalue weighted by Gasteiger charge is 2.70. The zero-order valence-electron chi connectivity index (χ0n) is 15.8. The van der Waals surface area contributed by atoms with Crippen LogP contribution in [0.25, 0.3) is 0 Å². The van der Waals surface area contributed by atoms with Gasteiger partial charge in [-0.2, -0.15) is 13.2 Å². The Bertz CT molecular complexity index is 882. The number of piperazine rings is 1. The maximum atomic E-state index is 13.4. The summed E-state index contributed by atoms with van der Waals surface area (Å²) in [5, 5.41) is 0. The average molecular weight is 411 g/mol. The van der Waals surface area contributed by atoms with E-state index >= 15 is 0 Å². The number of nitrogens with zero attached hydrogens (tertiary/aromatic N) is 5. The summed E-state index contributed by atoms with van der Waals surface area (Å²) >= 11 is 0. The van der Waals surface area contributed by atoms with Gasteiger partial charge in [-0.05, 0) is 25.8 Å². The van der Waals surface area contributed by atoms with Crippen LogP contribution >= 0.6 is 0 Å². The smallest absolute Gasteiger partial charge is 0.411 e. The lowest BCUT2D eigenvalue weighted by molar-refractivity contribution is -0.200. The first-order valence-electron chi connectivity index (χ1n) is 9.56. The van der Waals surface area contributed by atoms with Crippen LogP contribution in [-0.4, -0.2) is 82.3 Å². The highest BCUT2D eigenvalue weighted by atomic mass is 19.4. The van der Waals surface area contributed by atoms with Crippen LogP contribution in [0.1, 0.15) is 18.7 Å². The summed E-state index contributed by atoms with van der Waals surface area (Å²) in [5.41, 5.74) is -3.08. The number of rotatable bonds is 2. The SMILES string of the molecule is Cc1nccc(N2CC3(C2)OC(=O)N2CCN(C(=O)C4(C(F)(F)F)CC4)CC23)n1. The summed E-state index contributed by atoms with van der Waals surface area (Å²) in [7, 11) is 0. The van der Waals surface area contributed by atoms with Gasteiger partial charge in [-0.15, -0.1) is 0 Å². The molecule has 4 aliphatic rings. The molecule has 3 aliphatic heterocycles. The van der Waals surface area contributed by atoms with Crippen molar-refractivity contribution in [2.24, 2.45) is 5.41 Å². The number of carbonyl (C=O) groups excluding carboxylic acids is 2. The van der Waals surface area contributed by atoms with E-state index in [0.717, 1.165) is 0 Å². The Labute approximate surface area is 164 Å². The Kier molecular flexibility index (Phi) is 3.64. The van der Waals surface area contributed by atoms with E-state index in [1.54, 1.807) is 24.1 Å². The van der Waals surface area contributed by atoms with Crippen LogP contribution in [-0.2, 0) is 9.53 Å². The maximum Gasteiger partial charge on any atom is 0.411 e. The normalized spacial score (nSPS) is 26.8. The van der Waals surface area contributed by atoms with Gasteiger partial charge in [0.15, 0.2) is 5.60 Å². The molecule has 1 aromatic rings. The summed E-state index contributed by atoms with van der Waals surface area (Å²) in [6.07, 6.45) is -3.71. The summed E-state index contributed by atoms with van der Waals surface area (Å²) in [6.45, 7) is 2.85. The largest absolute Gasteiger partial charge is 0.437 e. The number of aryl methyl sites for hydroxylation is 1. The fourth-order valence-corrected chi connectivity index (χ4v) is 4.64. The van der Waals surface area contributed by atoms with Gasteiger partial charge in [0.1, 0.15) is 17.1 Å². The standard InChI is InChI=1S/C18H20F3N5O3/c1-11-22-5-2-13(23-11)25-9-17(10-25)12-8-24(6-7-26(12)15(28)29-17)14(27)16(3-4-16)18(19,20)21/h2,5,12H,3-4,6-10H2,1H3. The molecule has 11 heteroatoms. The summed E-state index contributed by atoms with van der Waals surface area (Å²) in [4.78, 5) is 38.2. The minimum absolute atomic E-state index is 0.0546. The molecule has 2 amide bonds. The molecule has 1 aromatic heterocycles. The van der Waals surface area contributed by atoms with E-state index in [4.69, 9.17) is 4.74 Å². The first-order valence-corrected chi connectivity index (χ1v) is 9.56. The lowest BCUT2D eigenvalue weighted by atomic mass is 9.84. The quantitative estimate of drug-likeness (QED) is 0.731. The predicted octanol–water partition coefficient (Wildman–Crippen LogP) is 1.35. The number of aromatic nitrogens is 2. The topological polar surface area (TPSA) is 78.9 Å². The zero-order valence-corrected chi connectivity index (χ0v) is 15.8. The van der Waals surface area contributed by atoms with Crippen molar-refractivity contribution >= 4 is 17.8 Å².